The zero-order valence-corrected chi connectivity index (χ0v) is 8.85. The Labute approximate surface area is 89.1 Å². The van der Waals surface area contributed by atoms with Gasteiger partial charge in [0.05, 0.1) is 18.0 Å². The number of anilines is 2. The minimum absolute atomic E-state index is 0.0447. The fourth-order valence-corrected chi connectivity index (χ4v) is 1.21. The van der Waals surface area contributed by atoms with Crippen LogP contribution in [0.2, 0.25) is 0 Å². The van der Waals surface area contributed by atoms with E-state index in [0.717, 1.165) is 0 Å². The smallest absolute Gasteiger partial charge is 0.166 e. The van der Waals surface area contributed by atoms with Crippen molar-refractivity contribution in [3.05, 3.63) is 11.9 Å². The van der Waals surface area contributed by atoms with Crippen molar-refractivity contribution < 1.29 is 10.2 Å². The molecule has 0 fully saturated rings. The van der Waals surface area contributed by atoms with E-state index >= 15 is 0 Å². The van der Waals surface area contributed by atoms with Crippen molar-refractivity contribution in [1.82, 2.24) is 9.97 Å². The Morgan fingerprint density at radius 3 is 2.50 bits per heavy atom. The van der Waals surface area contributed by atoms with Gasteiger partial charge in [0.2, 0.25) is 0 Å². The van der Waals surface area contributed by atoms with Gasteiger partial charge in [-0.1, -0.05) is 15.9 Å². The van der Waals surface area contributed by atoms with Gasteiger partial charge in [0.15, 0.2) is 11.6 Å². The molecule has 7 heteroatoms. The average molecular weight is 263 g/mol. The summed E-state index contributed by atoms with van der Waals surface area (Å²) in [7, 11) is 0. The highest BCUT2D eigenvalue weighted by Gasteiger charge is 2.19. The molecule has 78 valence electrons. The third kappa shape index (κ3) is 2.31. The minimum atomic E-state index is -1.12. The number of hydrogen-bond acceptors (Lipinski definition) is 6. The van der Waals surface area contributed by atoms with E-state index in [4.69, 9.17) is 11.5 Å². The molecule has 0 spiro atoms. The number of halogens is 1. The van der Waals surface area contributed by atoms with Gasteiger partial charge in [-0.3, -0.25) is 0 Å². The number of nitrogens with two attached hydrogens (primary N) is 2. The monoisotopic (exact) mass is 262 g/mol. The van der Waals surface area contributed by atoms with E-state index in [2.05, 4.69) is 25.9 Å². The molecule has 0 aliphatic carbocycles. The second kappa shape index (κ2) is 4.54. The topological polar surface area (TPSA) is 118 Å². The molecule has 0 saturated carbocycles. The normalized spacial score (nSPS) is 15.1. The summed E-state index contributed by atoms with van der Waals surface area (Å²) in [5, 5.41) is 19.1. The first kappa shape index (κ1) is 11.2. The molecule has 0 saturated heterocycles. The van der Waals surface area contributed by atoms with Gasteiger partial charge in [-0.2, -0.15) is 0 Å². The van der Waals surface area contributed by atoms with Gasteiger partial charge in [-0.25, -0.2) is 9.97 Å². The first-order valence-corrected chi connectivity index (χ1v) is 4.98. The number of aromatic nitrogens is 2. The van der Waals surface area contributed by atoms with Crippen LogP contribution in [0.15, 0.2) is 6.20 Å². The maximum Gasteiger partial charge on any atom is 0.166 e. The molecule has 1 rings (SSSR count). The fourth-order valence-electron chi connectivity index (χ4n) is 0.851. The number of aliphatic hydroxyl groups excluding tert-OH is 2. The summed E-state index contributed by atoms with van der Waals surface area (Å²) in [5.41, 5.74) is 10.9. The Bertz CT molecular complexity index is 323. The summed E-state index contributed by atoms with van der Waals surface area (Å²) in [6.45, 7) is 0. The predicted molar refractivity (Wildman–Crippen MR) is 55.6 cm³/mol. The lowest BCUT2D eigenvalue weighted by atomic mass is 10.2. The fraction of sp³-hybridized carbons (Fsp3) is 0.429. The Kier molecular flexibility index (Phi) is 3.62. The molecule has 2 unspecified atom stereocenters. The van der Waals surface area contributed by atoms with Crippen LogP contribution in [0.3, 0.4) is 0 Å². The molecule has 1 aromatic rings. The van der Waals surface area contributed by atoms with E-state index in [-0.39, 0.29) is 22.7 Å². The lowest BCUT2D eigenvalue weighted by Crippen LogP contribution is -2.21. The average Bonchev–Trinajstić information content (AvgIpc) is 2.20. The molecule has 1 aromatic heterocycles. The van der Waals surface area contributed by atoms with E-state index in [9.17, 15) is 10.2 Å². The van der Waals surface area contributed by atoms with Crippen LogP contribution in [0.1, 0.15) is 11.8 Å². The quantitative estimate of drug-likeness (QED) is 0.542. The Morgan fingerprint density at radius 2 is 2.00 bits per heavy atom. The lowest BCUT2D eigenvalue weighted by Gasteiger charge is -2.14. The van der Waals surface area contributed by atoms with E-state index in [1.165, 1.54) is 6.20 Å². The first-order chi connectivity index (χ1) is 6.56. The van der Waals surface area contributed by atoms with Crippen LogP contribution in [-0.2, 0) is 0 Å². The third-order valence-corrected chi connectivity index (χ3v) is 2.34. The van der Waals surface area contributed by atoms with E-state index < -0.39 is 12.2 Å². The number of alkyl halides is 1. The molecule has 1 heterocycles. The number of nitrogens with zero attached hydrogens (tertiary/aromatic N) is 2. The molecule has 0 aromatic carbocycles. The first-order valence-electron chi connectivity index (χ1n) is 3.86. The van der Waals surface area contributed by atoms with E-state index in [1.54, 1.807) is 0 Å². The molecule has 0 bridgehead atoms. The van der Waals surface area contributed by atoms with Crippen molar-refractivity contribution in [2.24, 2.45) is 0 Å². The highest BCUT2D eigenvalue weighted by Crippen LogP contribution is 2.18. The van der Waals surface area contributed by atoms with Gasteiger partial charge in [0, 0.05) is 5.33 Å². The SMILES string of the molecule is Nc1ncc(C(O)C(O)CBr)nc1N. The summed E-state index contributed by atoms with van der Waals surface area (Å²) < 4.78 is 0. The molecule has 0 aliphatic heterocycles. The Hall–Kier alpha value is -0.920. The van der Waals surface area contributed by atoms with Gasteiger partial charge < -0.3 is 21.7 Å². The number of nitrogen functional groups attached to an aromatic ring is 2. The minimum Gasteiger partial charge on any atom is -0.389 e. The second-order valence-corrected chi connectivity index (χ2v) is 3.38. The van der Waals surface area contributed by atoms with Crippen LogP contribution in [-0.4, -0.2) is 31.6 Å². The van der Waals surface area contributed by atoms with Crippen molar-refractivity contribution in [3.63, 3.8) is 0 Å². The highest BCUT2D eigenvalue weighted by atomic mass is 79.9. The van der Waals surface area contributed by atoms with Gasteiger partial charge in [0.25, 0.3) is 0 Å². The molecule has 2 atom stereocenters. The van der Waals surface area contributed by atoms with E-state index in [0.29, 0.717) is 0 Å². The maximum absolute atomic E-state index is 9.53. The van der Waals surface area contributed by atoms with Gasteiger partial charge >= 0.3 is 0 Å². The molecule has 6 N–H and O–H groups in total. The van der Waals surface area contributed by atoms with Crippen LogP contribution in [0.5, 0.6) is 0 Å². The Balaban J connectivity index is 2.91. The predicted octanol–water partition coefficient (Wildman–Crippen LogP) is -0.570. The molecule has 6 nitrogen and oxygen atoms in total. The van der Waals surface area contributed by atoms with Crippen LogP contribution >= 0.6 is 15.9 Å². The Morgan fingerprint density at radius 1 is 1.36 bits per heavy atom. The van der Waals surface area contributed by atoms with Crippen LogP contribution in [0.25, 0.3) is 0 Å². The van der Waals surface area contributed by atoms with Crippen molar-refractivity contribution in [2.45, 2.75) is 12.2 Å². The standard InChI is InChI=1S/C7H11BrN4O2/c8-1-4(13)5(14)3-2-11-6(9)7(10)12-3/h2,4-5,13-14H,1H2,(H2,9,11)(H2,10,12). The van der Waals surface area contributed by atoms with Crippen LogP contribution < -0.4 is 11.5 Å². The second-order valence-electron chi connectivity index (χ2n) is 2.73. The molecular formula is C7H11BrN4O2. The molecular weight excluding hydrogens is 252 g/mol. The lowest BCUT2D eigenvalue weighted by molar-refractivity contribution is 0.0314. The van der Waals surface area contributed by atoms with Gasteiger partial charge in [-0.05, 0) is 0 Å². The summed E-state index contributed by atoms with van der Waals surface area (Å²) in [6, 6.07) is 0. The number of aliphatic hydroxyl groups is 2. The van der Waals surface area contributed by atoms with Crippen molar-refractivity contribution >= 4 is 27.6 Å². The zero-order chi connectivity index (χ0) is 10.7. The van der Waals surface area contributed by atoms with E-state index in [1.807, 2.05) is 0 Å². The largest absolute Gasteiger partial charge is 0.389 e. The van der Waals surface area contributed by atoms with Gasteiger partial charge in [0.1, 0.15) is 6.10 Å². The maximum atomic E-state index is 9.53. The zero-order valence-electron chi connectivity index (χ0n) is 7.26. The number of hydrogen-bond donors (Lipinski definition) is 4. The van der Waals surface area contributed by atoms with Crippen LogP contribution in [0.4, 0.5) is 11.6 Å². The highest BCUT2D eigenvalue weighted by molar-refractivity contribution is 9.09. The molecule has 0 radical (unpaired) electrons. The van der Waals surface area contributed by atoms with Crippen molar-refractivity contribution in [3.8, 4) is 0 Å². The molecule has 0 aliphatic rings. The third-order valence-electron chi connectivity index (χ3n) is 1.67. The summed E-state index contributed by atoms with van der Waals surface area (Å²) in [6.07, 6.45) is -0.792. The van der Waals surface area contributed by atoms with Crippen molar-refractivity contribution in [1.29, 1.82) is 0 Å². The number of rotatable bonds is 3. The molecule has 0 amide bonds. The summed E-state index contributed by atoms with van der Waals surface area (Å²) >= 11 is 3.03. The van der Waals surface area contributed by atoms with Crippen LogP contribution in [0, 0.1) is 0 Å². The summed E-state index contributed by atoms with van der Waals surface area (Å²) in [4.78, 5) is 7.52. The molecule has 14 heavy (non-hydrogen) atoms. The van der Waals surface area contributed by atoms with Gasteiger partial charge in [-0.15, -0.1) is 0 Å². The summed E-state index contributed by atoms with van der Waals surface area (Å²) in [5.74, 6) is 0.151. The van der Waals surface area contributed by atoms with Crippen molar-refractivity contribution in [2.75, 3.05) is 16.8 Å².